The van der Waals surface area contributed by atoms with Crippen LogP contribution < -0.4 is 0 Å². The Morgan fingerprint density at radius 1 is 1.12 bits per heavy atom. The average Bonchev–Trinajstić information content (AvgIpc) is 2.26. The second kappa shape index (κ2) is 4.89. The lowest BCUT2D eigenvalue weighted by Crippen LogP contribution is -2.11. The molecule has 0 bridgehead atoms. The van der Waals surface area contributed by atoms with E-state index < -0.39 is 18.0 Å². The summed E-state index contributed by atoms with van der Waals surface area (Å²) in [6.07, 6.45) is -0.905. The van der Waals surface area contributed by atoms with Crippen LogP contribution in [0.1, 0.15) is 41.3 Å². The fraction of sp³-hybridized carbons (Fsp3) is 0.538. The summed E-state index contributed by atoms with van der Waals surface area (Å²) in [7, 11) is 0. The summed E-state index contributed by atoms with van der Waals surface area (Å²) in [5, 5.41) is -0.970. The van der Waals surface area contributed by atoms with Gasteiger partial charge in [-0.15, -0.1) is 11.6 Å². The van der Waals surface area contributed by atoms with Crippen molar-refractivity contribution in [3.05, 3.63) is 34.9 Å². The van der Waals surface area contributed by atoms with E-state index in [0.717, 1.165) is 19.3 Å². The molecule has 2 rings (SSSR count). The molecular weight excluding hydrogens is 249 g/mol. The fourth-order valence-electron chi connectivity index (χ4n) is 2.27. The van der Waals surface area contributed by atoms with E-state index in [-0.39, 0.29) is 0 Å². The second-order valence-corrected chi connectivity index (χ2v) is 5.05. The third kappa shape index (κ3) is 3.38. The van der Waals surface area contributed by atoms with E-state index >= 15 is 0 Å². The molecule has 1 aliphatic carbocycles. The summed E-state index contributed by atoms with van der Waals surface area (Å²) < 4.78 is 36.7. The SMILES string of the molecule is FC(F)(F)CC(Cl)c1ccc2c(c1)CCCC2. The lowest BCUT2D eigenvalue weighted by atomic mass is 9.89. The predicted octanol–water partition coefficient (Wildman–Crippen LogP) is 4.80. The van der Waals surface area contributed by atoms with Crippen LogP contribution in [0.2, 0.25) is 0 Å². The van der Waals surface area contributed by atoms with Gasteiger partial charge in [-0.2, -0.15) is 13.2 Å². The van der Waals surface area contributed by atoms with Gasteiger partial charge in [0.1, 0.15) is 0 Å². The number of halogens is 4. The van der Waals surface area contributed by atoms with E-state index in [9.17, 15) is 13.2 Å². The zero-order valence-corrected chi connectivity index (χ0v) is 10.1. The van der Waals surface area contributed by atoms with Gasteiger partial charge in [0.05, 0.1) is 11.8 Å². The molecule has 0 saturated carbocycles. The maximum absolute atomic E-state index is 12.2. The van der Waals surface area contributed by atoms with Gasteiger partial charge in [0.2, 0.25) is 0 Å². The Kier molecular flexibility index (Phi) is 3.67. The Balaban J connectivity index is 2.16. The largest absolute Gasteiger partial charge is 0.390 e. The minimum atomic E-state index is -4.21. The van der Waals surface area contributed by atoms with Crippen molar-refractivity contribution in [1.82, 2.24) is 0 Å². The number of rotatable bonds is 2. The van der Waals surface area contributed by atoms with Crippen LogP contribution >= 0.6 is 11.6 Å². The highest BCUT2D eigenvalue weighted by Gasteiger charge is 2.31. The van der Waals surface area contributed by atoms with Crippen LogP contribution in [-0.4, -0.2) is 6.18 Å². The minimum Gasteiger partial charge on any atom is -0.171 e. The van der Waals surface area contributed by atoms with Crippen LogP contribution in [-0.2, 0) is 12.8 Å². The zero-order valence-electron chi connectivity index (χ0n) is 9.36. The molecule has 0 nitrogen and oxygen atoms in total. The molecule has 0 heterocycles. The van der Waals surface area contributed by atoms with E-state index in [1.165, 1.54) is 17.5 Å². The maximum Gasteiger partial charge on any atom is 0.390 e. The predicted molar refractivity (Wildman–Crippen MR) is 62.4 cm³/mol. The molecular formula is C13H14ClF3. The summed E-state index contributed by atoms with van der Waals surface area (Å²) in [4.78, 5) is 0. The first-order valence-electron chi connectivity index (χ1n) is 5.78. The standard InChI is InChI=1S/C13H14ClF3/c14-12(8-13(15,16)17)11-6-5-9-3-1-2-4-10(9)7-11/h5-7,12H,1-4,8H2. The van der Waals surface area contributed by atoms with Gasteiger partial charge in [0.15, 0.2) is 0 Å². The summed E-state index contributed by atoms with van der Waals surface area (Å²) >= 11 is 5.81. The minimum absolute atomic E-state index is 0.588. The first-order valence-corrected chi connectivity index (χ1v) is 6.22. The van der Waals surface area contributed by atoms with E-state index in [4.69, 9.17) is 11.6 Å². The van der Waals surface area contributed by atoms with Crippen LogP contribution in [0.25, 0.3) is 0 Å². The number of benzene rings is 1. The summed E-state index contributed by atoms with van der Waals surface area (Å²) in [5.74, 6) is 0. The van der Waals surface area contributed by atoms with Gasteiger partial charge < -0.3 is 0 Å². The molecule has 94 valence electrons. The molecule has 0 radical (unpaired) electrons. The number of alkyl halides is 4. The topological polar surface area (TPSA) is 0 Å². The molecule has 0 N–H and O–H groups in total. The fourth-order valence-corrected chi connectivity index (χ4v) is 2.58. The van der Waals surface area contributed by atoms with Crippen molar-refractivity contribution < 1.29 is 13.2 Å². The van der Waals surface area contributed by atoms with Gasteiger partial charge >= 0.3 is 6.18 Å². The Labute approximate surface area is 104 Å². The Hall–Kier alpha value is -0.700. The second-order valence-electron chi connectivity index (χ2n) is 4.52. The molecule has 4 heteroatoms. The van der Waals surface area contributed by atoms with Gasteiger partial charge in [-0.25, -0.2) is 0 Å². The molecule has 1 aromatic rings. The van der Waals surface area contributed by atoms with Gasteiger partial charge in [0, 0.05) is 0 Å². The van der Waals surface area contributed by atoms with Crippen molar-refractivity contribution in [1.29, 1.82) is 0 Å². The highest BCUT2D eigenvalue weighted by Crippen LogP contribution is 2.35. The summed E-state index contributed by atoms with van der Waals surface area (Å²) in [6, 6.07) is 5.50. The molecule has 1 unspecified atom stereocenters. The molecule has 17 heavy (non-hydrogen) atoms. The van der Waals surface area contributed by atoms with Crippen molar-refractivity contribution in [3.8, 4) is 0 Å². The third-order valence-corrected chi connectivity index (χ3v) is 3.55. The van der Waals surface area contributed by atoms with E-state index in [1.807, 2.05) is 12.1 Å². The van der Waals surface area contributed by atoms with Crippen LogP contribution in [0.3, 0.4) is 0 Å². The Bertz CT molecular complexity index is 398. The first kappa shape index (κ1) is 12.7. The molecule has 0 fully saturated rings. The van der Waals surface area contributed by atoms with Crippen LogP contribution in [0, 0.1) is 0 Å². The van der Waals surface area contributed by atoms with E-state index in [2.05, 4.69) is 0 Å². The zero-order chi connectivity index (χ0) is 12.5. The molecule has 0 saturated heterocycles. The number of fused-ring (bicyclic) bond motifs is 1. The van der Waals surface area contributed by atoms with Crippen molar-refractivity contribution in [2.45, 2.75) is 43.7 Å². The molecule has 0 amide bonds. The maximum atomic E-state index is 12.2. The Morgan fingerprint density at radius 2 is 1.76 bits per heavy atom. The van der Waals surface area contributed by atoms with E-state index in [1.54, 1.807) is 6.07 Å². The normalized spacial score (nSPS) is 17.6. The highest BCUT2D eigenvalue weighted by atomic mass is 35.5. The molecule has 1 atom stereocenters. The van der Waals surface area contributed by atoms with E-state index in [0.29, 0.717) is 5.56 Å². The average molecular weight is 263 g/mol. The van der Waals surface area contributed by atoms with Gasteiger partial charge in [-0.1, -0.05) is 18.2 Å². The third-order valence-electron chi connectivity index (χ3n) is 3.14. The van der Waals surface area contributed by atoms with Gasteiger partial charge in [0.25, 0.3) is 0 Å². The van der Waals surface area contributed by atoms with Crippen molar-refractivity contribution >= 4 is 11.6 Å². The smallest absolute Gasteiger partial charge is 0.171 e. The molecule has 0 spiro atoms. The van der Waals surface area contributed by atoms with Crippen LogP contribution in [0.5, 0.6) is 0 Å². The molecule has 1 aliphatic rings. The molecule has 0 aromatic heterocycles. The number of hydrogen-bond donors (Lipinski definition) is 0. The quantitative estimate of drug-likeness (QED) is 0.672. The van der Waals surface area contributed by atoms with Crippen LogP contribution in [0.15, 0.2) is 18.2 Å². The highest BCUT2D eigenvalue weighted by molar-refractivity contribution is 6.20. The van der Waals surface area contributed by atoms with Crippen molar-refractivity contribution in [2.75, 3.05) is 0 Å². The number of hydrogen-bond acceptors (Lipinski definition) is 0. The summed E-state index contributed by atoms with van der Waals surface area (Å²) in [5.41, 5.74) is 3.02. The number of aryl methyl sites for hydroxylation is 2. The first-order chi connectivity index (χ1) is 7.96. The van der Waals surface area contributed by atoms with Crippen LogP contribution in [0.4, 0.5) is 13.2 Å². The van der Waals surface area contributed by atoms with Crippen molar-refractivity contribution in [2.24, 2.45) is 0 Å². The van der Waals surface area contributed by atoms with Gasteiger partial charge in [-0.3, -0.25) is 0 Å². The molecule has 1 aromatic carbocycles. The molecule has 0 aliphatic heterocycles. The lowest BCUT2D eigenvalue weighted by molar-refractivity contribution is -0.134. The summed E-state index contributed by atoms with van der Waals surface area (Å²) in [6.45, 7) is 0. The van der Waals surface area contributed by atoms with Gasteiger partial charge in [-0.05, 0) is 42.4 Å². The lowest BCUT2D eigenvalue weighted by Gasteiger charge is -2.19. The monoisotopic (exact) mass is 262 g/mol. The van der Waals surface area contributed by atoms with Crippen molar-refractivity contribution in [3.63, 3.8) is 0 Å². The Morgan fingerprint density at radius 3 is 2.41 bits per heavy atom.